The molecule has 3 heterocycles. The molecule has 1 aliphatic heterocycles. The Balaban J connectivity index is 1.84. The first-order chi connectivity index (χ1) is 12.0. The van der Waals surface area contributed by atoms with E-state index in [1.165, 1.54) is 0 Å². The highest BCUT2D eigenvalue weighted by molar-refractivity contribution is 5.94. The van der Waals surface area contributed by atoms with E-state index in [-0.39, 0.29) is 24.3 Å². The molecule has 7 heteroatoms. The number of aromatic nitrogens is 3. The Bertz CT molecular complexity index is 778. The molecule has 1 atom stereocenters. The smallest absolute Gasteiger partial charge is 0.255 e. The maximum absolute atomic E-state index is 12.8. The van der Waals surface area contributed by atoms with Crippen LogP contribution in [0.1, 0.15) is 52.9 Å². The summed E-state index contributed by atoms with van der Waals surface area (Å²) >= 11 is 0. The molecule has 0 radical (unpaired) electrons. The Morgan fingerprint density at radius 2 is 2.20 bits per heavy atom. The molecule has 2 N–H and O–H groups in total. The second-order valence-corrected chi connectivity index (χ2v) is 6.20. The highest BCUT2D eigenvalue weighted by atomic mass is 16.2. The third kappa shape index (κ3) is 3.99. The Labute approximate surface area is 146 Å². The van der Waals surface area contributed by atoms with Crippen molar-refractivity contribution in [1.82, 2.24) is 19.9 Å². The fourth-order valence-electron chi connectivity index (χ4n) is 3.18. The number of carbonyl (C=O) groups is 2. The van der Waals surface area contributed by atoms with Crippen molar-refractivity contribution in [3.8, 4) is 0 Å². The first kappa shape index (κ1) is 17.0. The molecule has 7 nitrogen and oxygen atoms in total. The van der Waals surface area contributed by atoms with Crippen molar-refractivity contribution in [3.63, 3.8) is 0 Å². The number of rotatable bonds is 5. The van der Waals surface area contributed by atoms with Crippen molar-refractivity contribution < 1.29 is 9.59 Å². The third-order valence-electron chi connectivity index (χ3n) is 4.30. The molecule has 0 bridgehead atoms. The molecule has 1 fully saturated rings. The van der Waals surface area contributed by atoms with Gasteiger partial charge in [0, 0.05) is 31.1 Å². The van der Waals surface area contributed by atoms with Crippen LogP contribution in [0.2, 0.25) is 0 Å². The summed E-state index contributed by atoms with van der Waals surface area (Å²) in [4.78, 5) is 38.6. The van der Waals surface area contributed by atoms with Gasteiger partial charge in [-0.3, -0.25) is 14.6 Å². The van der Waals surface area contributed by atoms with E-state index >= 15 is 0 Å². The van der Waals surface area contributed by atoms with Crippen LogP contribution in [0.15, 0.2) is 30.6 Å². The van der Waals surface area contributed by atoms with Gasteiger partial charge in [-0.05, 0) is 44.4 Å². The number of aryl methyl sites for hydroxylation is 2. The molecule has 2 aromatic heterocycles. The van der Waals surface area contributed by atoms with Crippen LogP contribution in [0.4, 0.5) is 0 Å². The average Bonchev–Trinajstić information content (AvgIpc) is 3.09. The second-order valence-electron chi connectivity index (χ2n) is 6.20. The number of nitrogens with two attached hydrogens (primary N) is 1. The first-order valence-corrected chi connectivity index (χ1v) is 8.38. The minimum atomic E-state index is -0.355. The fourth-order valence-corrected chi connectivity index (χ4v) is 3.18. The van der Waals surface area contributed by atoms with Crippen LogP contribution in [0.5, 0.6) is 0 Å². The SMILES string of the molecule is Cc1nc(CCC(N)=O)cc(C2CCCN2C(=O)c2cccnc2)n1. The summed E-state index contributed by atoms with van der Waals surface area (Å²) in [5.41, 5.74) is 7.40. The van der Waals surface area contributed by atoms with Crippen LogP contribution < -0.4 is 5.73 Å². The number of nitrogens with zero attached hydrogens (tertiary/aromatic N) is 4. The van der Waals surface area contributed by atoms with E-state index in [2.05, 4.69) is 15.0 Å². The van der Waals surface area contributed by atoms with Crippen molar-refractivity contribution in [3.05, 3.63) is 53.4 Å². The first-order valence-electron chi connectivity index (χ1n) is 8.38. The van der Waals surface area contributed by atoms with Crippen LogP contribution in [0.25, 0.3) is 0 Å². The molecular formula is C18H21N5O2. The van der Waals surface area contributed by atoms with Gasteiger partial charge in [-0.25, -0.2) is 9.97 Å². The molecule has 1 aliphatic rings. The number of pyridine rings is 1. The molecule has 0 spiro atoms. The van der Waals surface area contributed by atoms with Gasteiger partial charge in [-0.15, -0.1) is 0 Å². The van der Waals surface area contributed by atoms with Crippen molar-refractivity contribution in [2.45, 2.75) is 38.6 Å². The van der Waals surface area contributed by atoms with Crippen molar-refractivity contribution >= 4 is 11.8 Å². The number of amides is 2. The number of hydrogen-bond acceptors (Lipinski definition) is 5. The van der Waals surface area contributed by atoms with Gasteiger partial charge in [-0.1, -0.05) is 0 Å². The van der Waals surface area contributed by atoms with E-state index in [9.17, 15) is 9.59 Å². The molecule has 2 amide bonds. The van der Waals surface area contributed by atoms with Crippen molar-refractivity contribution in [2.24, 2.45) is 5.73 Å². The van der Waals surface area contributed by atoms with E-state index in [0.29, 0.717) is 24.4 Å². The van der Waals surface area contributed by atoms with Gasteiger partial charge in [0.2, 0.25) is 5.91 Å². The van der Waals surface area contributed by atoms with Gasteiger partial charge >= 0.3 is 0 Å². The summed E-state index contributed by atoms with van der Waals surface area (Å²) in [5.74, 6) is 0.246. The topological polar surface area (TPSA) is 102 Å². The molecule has 0 aromatic carbocycles. The van der Waals surface area contributed by atoms with Gasteiger partial charge in [0.15, 0.2) is 0 Å². The molecule has 1 unspecified atom stereocenters. The van der Waals surface area contributed by atoms with Gasteiger partial charge in [-0.2, -0.15) is 0 Å². The number of primary amides is 1. The lowest BCUT2D eigenvalue weighted by Gasteiger charge is -2.24. The predicted molar refractivity (Wildman–Crippen MR) is 91.5 cm³/mol. The Kier molecular flexibility index (Phi) is 5.02. The lowest BCUT2D eigenvalue weighted by atomic mass is 10.1. The van der Waals surface area contributed by atoms with Crippen LogP contribution in [0.3, 0.4) is 0 Å². The van der Waals surface area contributed by atoms with Crippen molar-refractivity contribution in [1.29, 1.82) is 0 Å². The maximum atomic E-state index is 12.8. The zero-order valence-corrected chi connectivity index (χ0v) is 14.2. The van der Waals surface area contributed by atoms with E-state index in [0.717, 1.165) is 24.2 Å². The van der Waals surface area contributed by atoms with Crippen LogP contribution >= 0.6 is 0 Å². The minimum absolute atomic E-state index is 0.0365. The molecule has 130 valence electrons. The predicted octanol–water partition coefficient (Wildman–Crippen LogP) is 1.58. The largest absolute Gasteiger partial charge is 0.370 e. The lowest BCUT2D eigenvalue weighted by Crippen LogP contribution is -2.31. The van der Waals surface area contributed by atoms with Crippen LogP contribution in [-0.2, 0) is 11.2 Å². The Hall–Kier alpha value is -2.83. The Morgan fingerprint density at radius 1 is 1.36 bits per heavy atom. The van der Waals surface area contributed by atoms with Gasteiger partial charge < -0.3 is 10.6 Å². The molecule has 3 rings (SSSR count). The monoisotopic (exact) mass is 339 g/mol. The number of likely N-dealkylation sites (tertiary alicyclic amines) is 1. The molecule has 25 heavy (non-hydrogen) atoms. The molecule has 0 saturated carbocycles. The van der Waals surface area contributed by atoms with Crippen molar-refractivity contribution in [2.75, 3.05) is 6.54 Å². The normalized spacial score (nSPS) is 16.8. The van der Waals surface area contributed by atoms with E-state index < -0.39 is 0 Å². The second kappa shape index (κ2) is 7.38. The van der Waals surface area contributed by atoms with Crippen LogP contribution in [0, 0.1) is 6.92 Å². The van der Waals surface area contributed by atoms with E-state index in [1.54, 1.807) is 24.5 Å². The fraction of sp³-hybridized carbons (Fsp3) is 0.389. The molecule has 1 saturated heterocycles. The van der Waals surface area contributed by atoms with Gasteiger partial charge in [0.05, 0.1) is 17.3 Å². The molecule has 2 aromatic rings. The van der Waals surface area contributed by atoms with E-state index in [4.69, 9.17) is 5.73 Å². The highest BCUT2D eigenvalue weighted by Gasteiger charge is 2.32. The molecule has 0 aliphatic carbocycles. The van der Waals surface area contributed by atoms with Gasteiger partial charge in [0.1, 0.15) is 5.82 Å². The quantitative estimate of drug-likeness (QED) is 0.891. The lowest BCUT2D eigenvalue weighted by molar-refractivity contribution is -0.118. The summed E-state index contributed by atoms with van der Waals surface area (Å²) in [6.45, 7) is 2.51. The zero-order chi connectivity index (χ0) is 17.8. The highest BCUT2D eigenvalue weighted by Crippen LogP contribution is 2.32. The minimum Gasteiger partial charge on any atom is -0.370 e. The number of carbonyl (C=O) groups excluding carboxylic acids is 2. The van der Waals surface area contributed by atoms with Crippen LogP contribution in [-0.4, -0.2) is 38.2 Å². The summed E-state index contributed by atoms with van der Waals surface area (Å²) in [6.07, 6.45) is 5.75. The summed E-state index contributed by atoms with van der Waals surface area (Å²) in [6, 6.07) is 5.33. The summed E-state index contributed by atoms with van der Waals surface area (Å²) in [7, 11) is 0. The maximum Gasteiger partial charge on any atom is 0.255 e. The zero-order valence-electron chi connectivity index (χ0n) is 14.2. The summed E-state index contributed by atoms with van der Waals surface area (Å²) in [5, 5.41) is 0. The van der Waals surface area contributed by atoms with E-state index in [1.807, 2.05) is 17.9 Å². The average molecular weight is 339 g/mol. The van der Waals surface area contributed by atoms with Gasteiger partial charge in [0.25, 0.3) is 5.91 Å². The standard InChI is InChI=1S/C18H21N5O2/c1-12-21-14(6-7-17(19)24)10-15(22-12)16-5-3-9-23(16)18(25)13-4-2-8-20-11-13/h2,4,8,10-11,16H,3,5-7,9H2,1H3,(H2,19,24). The third-order valence-corrected chi connectivity index (χ3v) is 4.30. The Morgan fingerprint density at radius 3 is 2.92 bits per heavy atom. The molecular weight excluding hydrogens is 318 g/mol. The number of hydrogen-bond donors (Lipinski definition) is 1. The summed E-state index contributed by atoms with van der Waals surface area (Å²) < 4.78 is 0.